The molecule has 2 aromatic heterocycles. The first-order valence-corrected chi connectivity index (χ1v) is 6.79. The Balaban J connectivity index is 1.88. The molecular formula is C12H17N3S. The second kappa shape index (κ2) is 3.86. The highest BCUT2D eigenvalue weighted by Crippen LogP contribution is 2.22. The number of fused-ring (bicyclic) bond motifs is 1. The Kier molecular flexibility index (Phi) is 2.48. The van der Waals surface area contributed by atoms with Crippen LogP contribution in [-0.4, -0.2) is 15.4 Å². The molecule has 0 aromatic carbocycles. The number of hydrogen-bond donors (Lipinski definition) is 1. The molecule has 1 aliphatic rings. The highest BCUT2D eigenvalue weighted by Gasteiger charge is 2.18. The van der Waals surface area contributed by atoms with Gasteiger partial charge in [-0.15, -0.1) is 11.3 Å². The van der Waals surface area contributed by atoms with E-state index in [1.807, 2.05) is 0 Å². The van der Waals surface area contributed by atoms with Crippen LogP contribution >= 0.6 is 11.3 Å². The number of imidazole rings is 1. The molecule has 2 heterocycles. The van der Waals surface area contributed by atoms with Gasteiger partial charge in [0.25, 0.3) is 0 Å². The highest BCUT2D eigenvalue weighted by molar-refractivity contribution is 7.15. The van der Waals surface area contributed by atoms with Crippen molar-refractivity contribution in [2.24, 2.45) is 0 Å². The van der Waals surface area contributed by atoms with Gasteiger partial charge >= 0.3 is 0 Å². The summed E-state index contributed by atoms with van der Waals surface area (Å²) < 4.78 is 2.28. The van der Waals surface area contributed by atoms with E-state index in [0.717, 1.165) is 17.5 Å². The van der Waals surface area contributed by atoms with Crippen LogP contribution in [-0.2, 0) is 6.54 Å². The van der Waals surface area contributed by atoms with Crippen LogP contribution in [0.4, 0.5) is 0 Å². The third-order valence-corrected chi connectivity index (χ3v) is 4.44. The van der Waals surface area contributed by atoms with Gasteiger partial charge in [-0.1, -0.05) is 6.42 Å². The fraction of sp³-hybridized carbons (Fsp3) is 0.583. The number of nitrogens with zero attached hydrogens (tertiary/aromatic N) is 2. The van der Waals surface area contributed by atoms with Crippen molar-refractivity contribution in [1.29, 1.82) is 0 Å². The van der Waals surface area contributed by atoms with E-state index in [1.54, 1.807) is 11.3 Å². The van der Waals surface area contributed by atoms with E-state index in [4.69, 9.17) is 0 Å². The van der Waals surface area contributed by atoms with Crippen molar-refractivity contribution in [2.45, 2.75) is 45.7 Å². The second-order valence-electron chi connectivity index (χ2n) is 4.65. The number of thiazole rings is 1. The lowest BCUT2D eigenvalue weighted by Gasteiger charge is -2.26. The largest absolute Gasteiger partial charge is 0.308 e. The maximum Gasteiger partial charge on any atom is 0.194 e. The van der Waals surface area contributed by atoms with Gasteiger partial charge in [-0.05, 0) is 26.7 Å². The van der Waals surface area contributed by atoms with Gasteiger partial charge in [0, 0.05) is 23.7 Å². The van der Waals surface area contributed by atoms with Crippen molar-refractivity contribution in [3.05, 3.63) is 22.5 Å². The molecule has 0 saturated heterocycles. The monoisotopic (exact) mass is 235 g/mol. The van der Waals surface area contributed by atoms with E-state index in [-0.39, 0.29) is 0 Å². The molecule has 16 heavy (non-hydrogen) atoms. The molecule has 0 amide bonds. The van der Waals surface area contributed by atoms with Gasteiger partial charge in [-0.2, -0.15) is 0 Å². The second-order valence-corrected chi connectivity index (χ2v) is 5.48. The molecule has 1 aliphatic carbocycles. The van der Waals surface area contributed by atoms with Crippen LogP contribution in [0.1, 0.15) is 36.3 Å². The van der Waals surface area contributed by atoms with Crippen LogP contribution < -0.4 is 5.32 Å². The predicted octanol–water partition coefficient (Wildman–Crippen LogP) is 2.65. The van der Waals surface area contributed by atoms with Crippen LogP contribution in [0.5, 0.6) is 0 Å². The summed E-state index contributed by atoms with van der Waals surface area (Å²) in [5.74, 6) is 0. The van der Waals surface area contributed by atoms with Crippen molar-refractivity contribution in [3.63, 3.8) is 0 Å². The topological polar surface area (TPSA) is 29.3 Å². The van der Waals surface area contributed by atoms with Gasteiger partial charge in [0.05, 0.1) is 11.4 Å². The predicted molar refractivity (Wildman–Crippen MR) is 67.0 cm³/mol. The molecule has 3 rings (SSSR count). The van der Waals surface area contributed by atoms with Gasteiger partial charge < -0.3 is 5.32 Å². The maximum atomic E-state index is 4.60. The summed E-state index contributed by atoms with van der Waals surface area (Å²) in [6.07, 6.45) is 4.06. The van der Waals surface area contributed by atoms with Crippen LogP contribution in [0.3, 0.4) is 0 Å². The highest BCUT2D eigenvalue weighted by atomic mass is 32.1. The van der Waals surface area contributed by atoms with Gasteiger partial charge in [0.15, 0.2) is 4.96 Å². The van der Waals surface area contributed by atoms with Crippen LogP contribution in [0.25, 0.3) is 4.96 Å². The first-order chi connectivity index (χ1) is 7.75. The molecule has 0 aliphatic heterocycles. The smallest absolute Gasteiger partial charge is 0.194 e. The average molecular weight is 235 g/mol. The zero-order valence-corrected chi connectivity index (χ0v) is 10.6. The normalized spacial score (nSPS) is 16.9. The minimum Gasteiger partial charge on any atom is -0.308 e. The summed E-state index contributed by atoms with van der Waals surface area (Å²) in [5.41, 5.74) is 3.80. The lowest BCUT2D eigenvalue weighted by Crippen LogP contribution is -2.35. The van der Waals surface area contributed by atoms with Gasteiger partial charge in [0.2, 0.25) is 0 Å². The average Bonchev–Trinajstić information content (AvgIpc) is 2.66. The van der Waals surface area contributed by atoms with Gasteiger partial charge in [0.1, 0.15) is 0 Å². The SMILES string of the molecule is Cc1nc2scc(C)n2c1CNC1CCC1. The molecule has 2 aromatic rings. The van der Waals surface area contributed by atoms with Crippen molar-refractivity contribution in [3.8, 4) is 0 Å². The standard InChI is InChI=1S/C12H17N3S/c1-8-7-16-12-14-9(2)11(15(8)12)6-13-10-4-3-5-10/h7,10,13H,3-6H2,1-2H3. The van der Waals surface area contributed by atoms with Crippen LogP contribution in [0.2, 0.25) is 0 Å². The molecule has 86 valence electrons. The molecule has 4 heteroatoms. The first kappa shape index (κ1) is 10.3. The summed E-state index contributed by atoms with van der Waals surface area (Å²) in [5, 5.41) is 5.79. The Morgan fingerprint density at radius 2 is 2.31 bits per heavy atom. The van der Waals surface area contributed by atoms with Crippen LogP contribution in [0.15, 0.2) is 5.38 Å². The summed E-state index contributed by atoms with van der Waals surface area (Å²) in [6, 6.07) is 0.740. The molecule has 0 spiro atoms. The molecule has 0 radical (unpaired) electrons. The third-order valence-electron chi connectivity index (χ3n) is 3.49. The van der Waals surface area contributed by atoms with E-state index >= 15 is 0 Å². The van der Waals surface area contributed by atoms with Crippen molar-refractivity contribution in [1.82, 2.24) is 14.7 Å². The molecule has 1 N–H and O–H groups in total. The number of aryl methyl sites for hydroxylation is 2. The Hall–Kier alpha value is -0.870. The minimum atomic E-state index is 0.740. The fourth-order valence-electron chi connectivity index (χ4n) is 2.23. The van der Waals surface area contributed by atoms with E-state index in [9.17, 15) is 0 Å². The number of hydrogen-bond acceptors (Lipinski definition) is 3. The van der Waals surface area contributed by atoms with E-state index in [1.165, 1.54) is 36.3 Å². The van der Waals surface area contributed by atoms with Crippen molar-refractivity contribution < 1.29 is 0 Å². The molecular weight excluding hydrogens is 218 g/mol. The van der Waals surface area contributed by atoms with E-state index in [2.05, 4.69) is 33.9 Å². The van der Waals surface area contributed by atoms with Crippen molar-refractivity contribution >= 4 is 16.3 Å². The summed E-state index contributed by atoms with van der Waals surface area (Å²) in [4.78, 5) is 5.72. The Morgan fingerprint density at radius 3 is 3.00 bits per heavy atom. The first-order valence-electron chi connectivity index (χ1n) is 5.91. The Bertz CT molecular complexity index is 508. The minimum absolute atomic E-state index is 0.740. The Morgan fingerprint density at radius 1 is 1.50 bits per heavy atom. The molecule has 0 atom stereocenters. The molecule has 0 unspecified atom stereocenters. The fourth-order valence-corrected chi connectivity index (χ4v) is 3.16. The lowest BCUT2D eigenvalue weighted by molar-refractivity contribution is 0.336. The summed E-state index contributed by atoms with van der Waals surface area (Å²) in [7, 11) is 0. The molecule has 0 bridgehead atoms. The van der Waals surface area contributed by atoms with Crippen molar-refractivity contribution in [2.75, 3.05) is 0 Å². The molecule has 3 nitrogen and oxygen atoms in total. The zero-order chi connectivity index (χ0) is 11.1. The number of nitrogens with one attached hydrogen (secondary N) is 1. The summed E-state index contributed by atoms with van der Waals surface area (Å²) in [6.45, 7) is 5.21. The zero-order valence-electron chi connectivity index (χ0n) is 9.79. The number of rotatable bonds is 3. The maximum absolute atomic E-state index is 4.60. The molecule has 1 saturated carbocycles. The van der Waals surface area contributed by atoms with Gasteiger partial charge in [-0.25, -0.2) is 4.98 Å². The quantitative estimate of drug-likeness (QED) is 0.886. The third kappa shape index (κ3) is 1.57. The Labute approximate surface area is 99.5 Å². The number of aromatic nitrogens is 2. The van der Waals surface area contributed by atoms with Gasteiger partial charge in [-0.3, -0.25) is 4.40 Å². The summed E-state index contributed by atoms with van der Waals surface area (Å²) >= 11 is 1.73. The molecule has 1 fully saturated rings. The van der Waals surface area contributed by atoms with Crippen LogP contribution in [0, 0.1) is 13.8 Å². The van der Waals surface area contributed by atoms with E-state index < -0.39 is 0 Å². The van der Waals surface area contributed by atoms with E-state index in [0.29, 0.717) is 0 Å². The lowest BCUT2D eigenvalue weighted by atomic mass is 9.93.